The fourth-order valence-corrected chi connectivity index (χ4v) is 1.91. The van der Waals surface area contributed by atoms with E-state index in [1.807, 2.05) is 6.92 Å². The van der Waals surface area contributed by atoms with E-state index in [0.29, 0.717) is 13.0 Å². The van der Waals surface area contributed by atoms with E-state index in [1.54, 1.807) is 19.1 Å². The second-order valence-corrected chi connectivity index (χ2v) is 4.39. The van der Waals surface area contributed by atoms with Gasteiger partial charge in [-0.05, 0) is 25.5 Å². The number of ether oxygens (including phenoxy) is 2. The Morgan fingerprint density at radius 1 is 1.29 bits per heavy atom. The van der Waals surface area contributed by atoms with Gasteiger partial charge in [0.2, 0.25) is 0 Å². The van der Waals surface area contributed by atoms with Crippen LogP contribution < -0.4 is 4.74 Å². The Morgan fingerprint density at radius 3 is 2.57 bits per heavy atom. The lowest BCUT2D eigenvalue weighted by molar-refractivity contribution is -0.143. The number of carbonyl (C=O) groups is 2. The molecule has 0 aliphatic carbocycles. The molecule has 0 aliphatic rings. The largest absolute Gasteiger partial charge is 0.504 e. The Hall–Kier alpha value is -2.24. The standard InChI is InChI=1S/C15H21NO5/c1-4-9-16(10-13(17)21-5-2)15(19)11-7-6-8-12(20-3)14(11)18/h6-8,18H,4-5,9-10H2,1-3H3. The highest BCUT2D eigenvalue weighted by molar-refractivity contribution is 5.99. The fraction of sp³-hybridized carbons (Fsp3) is 0.467. The van der Waals surface area contributed by atoms with Crippen LogP contribution in [-0.2, 0) is 9.53 Å². The molecule has 6 nitrogen and oxygen atoms in total. The summed E-state index contributed by atoms with van der Waals surface area (Å²) in [7, 11) is 1.41. The molecule has 116 valence electrons. The third kappa shape index (κ3) is 4.37. The van der Waals surface area contributed by atoms with Crippen LogP contribution in [0.15, 0.2) is 18.2 Å². The number of rotatable bonds is 7. The molecule has 0 atom stereocenters. The van der Waals surface area contributed by atoms with Gasteiger partial charge >= 0.3 is 5.97 Å². The summed E-state index contributed by atoms with van der Waals surface area (Å²) in [5.74, 6) is -0.911. The summed E-state index contributed by atoms with van der Waals surface area (Å²) in [6.45, 7) is 4.12. The first-order valence-electron chi connectivity index (χ1n) is 6.85. The SMILES string of the molecule is CCCN(CC(=O)OCC)C(=O)c1cccc(OC)c1O. The highest BCUT2D eigenvalue weighted by Crippen LogP contribution is 2.30. The summed E-state index contributed by atoms with van der Waals surface area (Å²) in [6, 6.07) is 4.66. The molecule has 0 aliphatic heterocycles. The lowest BCUT2D eigenvalue weighted by atomic mass is 10.1. The maximum absolute atomic E-state index is 12.5. The fourth-order valence-electron chi connectivity index (χ4n) is 1.91. The van der Waals surface area contributed by atoms with E-state index in [2.05, 4.69) is 0 Å². The van der Waals surface area contributed by atoms with Crippen molar-refractivity contribution in [3.05, 3.63) is 23.8 Å². The van der Waals surface area contributed by atoms with Crippen molar-refractivity contribution in [2.45, 2.75) is 20.3 Å². The van der Waals surface area contributed by atoms with E-state index in [4.69, 9.17) is 9.47 Å². The van der Waals surface area contributed by atoms with Crippen molar-refractivity contribution < 1.29 is 24.2 Å². The number of hydrogen-bond acceptors (Lipinski definition) is 5. The number of esters is 1. The van der Waals surface area contributed by atoms with Crippen LogP contribution in [0.5, 0.6) is 11.5 Å². The van der Waals surface area contributed by atoms with Crippen molar-refractivity contribution in [3.63, 3.8) is 0 Å². The van der Waals surface area contributed by atoms with Gasteiger partial charge in [-0.25, -0.2) is 0 Å². The summed E-state index contributed by atoms with van der Waals surface area (Å²) < 4.78 is 9.84. The molecule has 0 radical (unpaired) electrons. The van der Waals surface area contributed by atoms with Crippen LogP contribution in [0.3, 0.4) is 0 Å². The molecule has 0 saturated heterocycles. The van der Waals surface area contributed by atoms with Gasteiger partial charge in [-0.1, -0.05) is 13.0 Å². The topological polar surface area (TPSA) is 76.1 Å². The third-order valence-electron chi connectivity index (χ3n) is 2.86. The summed E-state index contributed by atoms with van der Waals surface area (Å²) >= 11 is 0. The molecule has 21 heavy (non-hydrogen) atoms. The molecule has 1 amide bonds. The summed E-state index contributed by atoms with van der Waals surface area (Å²) in [5, 5.41) is 10.0. The summed E-state index contributed by atoms with van der Waals surface area (Å²) in [4.78, 5) is 25.4. The Morgan fingerprint density at radius 2 is 2.00 bits per heavy atom. The average molecular weight is 295 g/mol. The molecule has 1 aromatic rings. The molecular formula is C15H21NO5. The minimum atomic E-state index is -0.471. The van der Waals surface area contributed by atoms with Gasteiger partial charge in [0.1, 0.15) is 6.54 Å². The Kier molecular flexibility index (Phi) is 6.52. The van der Waals surface area contributed by atoms with Gasteiger partial charge in [0.25, 0.3) is 5.91 Å². The number of amides is 1. The van der Waals surface area contributed by atoms with Crippen LogP contribution in [0.2, 0.25) is 0 Å². The molecule has 1 N–H and O–H groups in total. The molecular weight excluding hydrogens is 274 g/mol. The average Bonchev–Trinajstić information content (AvgIpc) is 2.46. The first-order chi connectivity index (χ1) is 10.0. The third-order valence-corrected chi connectivity index (χ3v) is 2.86. The van der Waals surface area contributed by atoms with Gasteiger partial charge in [0.05, 0.1) is 19.3 Å². The van der Waals surface area contributed by atoms with E-state index >= 15 is 0 Å². The van der Waals surface area contributed by atoms with Gasteiger partial charge in [-0.3, -0.25) is 9.59 Å². The number of phenols is 1. The number of para-hydroxylation sites is 1. The van der Waals surface area contributed by atoms with Gasteiger partial charge in [0, 0.05) is 6.54 Å². The van der Waals surface area contributed by atoms with Crippen molar-refractivity contribution in [2.75, 3.05) is 26.8 Å². The van der Waals surface area contributed by atoms with Crippen LogP contribution in [0.25, 0.3) is 0 Å². The number of benzene rings is 1. The molecule has 0 unspecified atom stereocenters. The molecule has 0 fully saturated rings. The molecule has 1 rings (SSSR count). The highest BCUT2D eigenvalue weighted by atomic mass is 16.5. The molecule has 0 aromatic heterocycles. The van der Waals surface area contributed by atoms with E-state index in [9.17, 15) is 14.7 Å². The minimum Gasteiger partial charge on any atom is -0.504 e. The van der Waals surface area contributed by atoms with Gasteiger partial charge < -0.3 is 19.5 Å². The highest BCUT2D eigenvalue weighted by Gasteiger charge is 2.22. The van der Waals surface area contributed by atoms with Crippen molar-refractivity contribution in [3.8, 4) is 11.5 Å². The van der Waals surface area contributed by atoms with Crippen molar-refractivity contribution in [2.24, 2.45) is 0 Å². The Balaban J connectivity index is 2.98. The first-order valence-corrected chi connectivity index (χ1v) is 6.85. The number of nitrogens with zero attached hydrogens (tertiary/aromatic N) is 1. The first kappa shape index (κ1) is 16.8. The number of phenolic OH excluding ortho intramolecular Hbond substituents is 1. The summed E-state index contributed by atoms with van der Waals surface area (Å²) in [6.07, 6.45) is 0.690. The van der Waals surface area contributed by atoms with E-state index < -0.39 is 11.9 Å². The predicted molar refractivity (Wildman–Crippen MR) is 77.5 cm³/mol. The minimum absolute atomic E-state index is 0.104. The Bertz CT molecular complexity index is 501. The van der Waals surface area contributed by atoms with Gasteiger partial charge in [-0.15, -0.1) is 0 Å². The zero-order valence-electron chi connectivity index (χ0n) is 12.6. The molecule has 0 bridgehead atoms. The van der Waals surface area contributed by atoms with Crippen LogP contribution >= 0.6 is 0 Å². The van der Waals surface area contributed by atoms with Crippen molar-refractivity contribution >= 4 is 11.9 Å². The number of aromatic hydroxyl groups is 1. The lowest BCUT2D eigenvalue weighted by Crippen LogP contribution is -2.37. The van der Waals surface area contributed by atoms with Gasteiger partial charge in [0.15, 0.2) is 11.5 Å². The van der Waals surface area contributed by atoms with Crippen LogP contribution in [0.4, 0.5) is 0 Å². The predicted octanol–water partition coefficient (Wildman–Crippen LogP) is 1.82. The molecule has 6 heteroatoms. The van der Waals surface area contributed by atoms with Crippen LogP contribution in [0.1, 0.15) is 30.6 Å². The van der Waals surface area contributed by atoms with E-state index in [1.165, 1.54) is 18.1 Å². The van der Waals surface area contributed by atoms with Crippen LogP contribution in [-0.4, -0.2) is 48.7 Å². The van der Waals surface area contributed by atoms with E-state index in [0.717, 1.165) is 0 Å². The van der Waals surface area contributed by atoms with E-state index in [-0.39, 0.29) is 30.2 Å². The Labute approximate surface area is 124 Å². The number of carbonyl (C=O) groups excluding carboxylic acids is 2. The zero-order chi connectivity index (χ0) is 15.8. The van der Waals surface area contributed by atoms with Crippen molar-refractivity contribution in [1.29, 1.82) is 0 Å². The second-order valence-electron chi connectivity index (χ2n) is 4.39. The maximum Gasteiger partial charge on any atom is 0.325 e. The number of methoxy groups -OCH3 is 1. The lowest BCUT2D eigenvalue weighted by Gasteiger charge is -2.21. The maximum atomic E-state index is 12.5. The number of hydrogen-bond donors (Lipinski definition) is 1. The molecule has 1 aromatic carbocycles. The summed E-state index contributed by atoms with van der Waals surface area (Å²) in [5.41, 5.74) is 0.104. The molecule has 0 saturated carbocycles. The quantitative estimate of drug-likeness (QED) is 0.776. The van der Waals surface area contributed by atoms with Gasteiger partial charge in [-0.2, -0.15) is 0 Å². The smallest absolute Gasteiger partial charge is 0.325 e. The zero-order valence-corrected chi connectivity index (χ0v) is 12.6. The molecule has 0 spiro atoms. The molecule has 0 heterocycles. The van der Waals surface area contributed by atoms with Crippen molar-refractivity contribution in [1.82, 2.24) is 4.90 Å². The second kappa shape index (κ2) is 8.14. The monoisotopic (exact) mass is 295 g/mol. The normalized spacial score (nSPS) is 10.0. The van der Waals surface area contributed by atoms with Crippen LogP contribution in [0, 0.1) is 0 Å².